The highest BCUT2D eigenvalue weighted by Gasteiger charge is 2.24. The van der Waals surface area contributed by atoms with Crippen LogP contribution in [-0.4, -0.2) is 27.3 Å². The van der Waals surface area contributed by atoms with E-state index in [2.05, 4.69) is 39.1 Å². The number of hydrogen-bond donors (Lipinski definition) is 2. The maximum Gasteiger partial charge on any atom is 0.407 e. The van der Waals surface area contributed by atoms with Crippen molar-refractivity contribution in [1.82, 2.24) is 14.9 Å². The summed E-state index contributed by atoms with van der Waals surface area (Å²) in [5.74, 6) is 0.628. The molecule has 1 unspecified atom stereocenters. The summed E-state index contributed by atoms with van der Waals surface area (Å²) >= 11 is 0. The number of hydrogen-bond acceptors (Lipinski definition) is 4. The highest BCUT2D eigenvalue weighted by molar-refractivity contribution is 5.83. The number of nitrogens with one attached hydrogen (secondary N) is 1. The van der Waals surface area contributed by atoms with E-state index in [0.717, 1.165) is 30.3 Å². The summed E-state index contributed by atoms with van der Waals surface area (Å²) in [5, 5.41) is 2.99. The number of rotatable bonds is 3. The Labute approximate surface area is 172 Å². The second-order valence-electron chi connectivity index (χ2n) is 9.33. The van der Waals surface area contributed by atoms with E-state index in [0.29, 0.717) is 12.0 Å². The zero-order valence-electron chi connectivity index (χ0n) is 17.7. The molecule has 0 bridgehead atoms. The summed E-state index contributed by atoms with van der Waals surface area (Å²) in [6, 6.07) is 7.05. The van der Waals surface area contributed by atoms with Crippen molar-refractivity contribution in [2.24, 2.45) is 0 Å². The van der Waals surface area contributed by atoms with E-state index in [1.165, 1.54) is 36.8 Å². The average molecular weight is 397 g/mol. The fraction of sp³-hybridized carbons (Fsp3) is 0.565. The lowest BCUT2D eigenvalue weighted by Crippen LogP contribution is -2.39. The third-order valence-electron chi connectivity index (χ3n) is 5.91. The van der Waals surface area contributed by atoms with E-state index in [1.807, 2.05) is 20.8 Å². The van der Waals surface area contributed by atoms with E-state index in [-0.39, 0.29) is 12.1 Å². The smallest absolute Gasteiger partial charge is 0.407 e. The van der Waals surface area contributed by atoms with Crippen LogP contribution in [0.1, 0.15) is 77.3 Å². The molecule has 1 aromatic carbocycles. The van der Waals surface area contributed by atoms with Crippen LogP contribution in [0.4, 0.5) is 10.7 Å². The van der Waals surface area contributed by atoms with Crippen molar-refractivity contribution >= 4 is 28.6 Å². The molecule has 6 nitrogen and oxygen atoms in total. The molecule has 3 N–H and O–H groups in total. The molecule has 1 aromatic heterocycles. The summed E-state index contributed by atoms with van der Waals surface area (Å²) < 4.78 is 7.61. The number of aromatic nitrogens is 2. The summed E-state index contributed by atoms with van der Waals surface area (Å²) in [4.78, 5) is 16.6. The van der Waals surface area contributed by atoms with E-state index in [4.69, 9.17) is 10.5 Å². The first-order chi connectivity index (χ1) is 13.8. The Morgan fingerprint density at radius 2 is 2.00 bits per heavy atom. The lowest BCUT2D eigenvalue weighted by atomic mass is 9.90. The van der Waals surface area contributed by atoms with Crippen molar-refractivity contribution in [2.75, 3.05) is 5.73 Å². The number of alkyl carbamates (subject to hydrolysis) is 1. The number of nitrogens with zero attached hydrogens (tertiary/aromatic N) is 2. The predicted octanol–water partition coefficient (Wildman–Crippen LogP) is 5.19. The van der Waals surface area contributed by atoms with Crippen molar-refractivity contribution in [3.05, 3.63) is 29.8 Å². The number of fused-ring (bicyclic) bond motifs is 1. The molecule has 1 amide bonds. The van der Waals surface area contributed by atoms with Crippen LogP contribution in [0.25, 0.3) is 16.6 Å². The fourth-order valence-corrected chi connectivity index (χ4v) is 4.56. The van der Waals surface area contributed by atoms with Gasteiger partial charge >= 0.3 is 6.09 Å². The second kappa shape index (κ2) is 7.73. The fourth-order valence-electron chi connectivity index (χ4n) is 4.56. The van der Waals surface area contributed by atoms with Gasteiger partial charge in [-0.2, -0.15) is 0 Å². The number of amides is 1. The summed E-state index contributed by atoms with van der Waals surface area (Å²) in [5.41, 5.74) is 10.4. The number of imidazole rings is 1. The van der Waals surface area contributed by atoms with Crippen LogP contribution in [0.5, 0.6) is 0 Å². The van der Waals surface area contributed by atoms with Gasteiger partial charge in [0.15, 0.2) is 0 Å². The van der Waals surface area contributed by atoms with Gasteiger partial charge in [-0.1, -0.05) is 25.0 Å². The molecule has 1 heterocycles. The molecule has 0 saturated heterocycles. The summed E-state index contributed by atoms with van der Waals surface area (Å²) in [6.07, 6.45) is 9.45. The number of nitrogen functional groups attached to an aromatic ring is 1. The van der Waals surface area contributed by atoms with Crippen LogP contribution >= 0.6 is 0 Å². The first kappa shape index (κ1) is 19.8. The van der Waals surface area contributed by atoms with E-state index in [1.54, 1.807) is 0 Å². The zero-order chi connectivity index (χ0) is 20.6. The molecule has 156 valence electrons. The van der Waals surface area contributed by atoms with Crippen molar-refractivity contribution in [2.45, 2.75) is 83.4 Å². The van der Waals surface area contributed by atoms with Crippen LogP contribution in [0.2, 0.25) is 0 Å². The number of anilines is 1. The Kier molecular flexibility index (Phi) is 5.28. The number of nitrogens with two attached hydrogens (primary N) is 1. The first-order valence-corrected chi connectivity index (χ1v) is 10.8. The molecular weight excluding hydrogens is 364 g/mol. The van der Waals surface area contributed by atoms with Crippen LogP contribution in [0.3, 0.4) is 0 Å². The zero-order valence-corrected chi connectivity index (χ0v) is 17.7. The average Bonchev–Trinajstić information content (AvgIpc) is 3.26. The minimum Gasteiger partial charge on any atom is -0.444 e. The third kappa shape index (κ3) is 4.41. The molecular formula is C23H32N4O2. The number of benzene rings is 1. The van der Waals surface area contributed by atoms with Gasteiger partial charge in [-0.15, -0.1) is 0 Å². The quantitative estimate of drug-likeness (QED) is 0.747. The van der Waals surface area contributed by atoms with Crippen LogP contribution in [-0.2, 0) is 4.74 Å². The molecule has 1 fully saturated rings. The maximum atomic E-state index is 12.0. The molecule has 2 aliphatic carbocycles. The van der Waals surface area contributed by atoms with Gasteiger partial charge in [-0.25, -0.2) is 9.78 Å². The SMILES string of the molecule is CC(C)(C)OC(=O)NC1CC=C(c2ccc3nc(N)n(C4CCCC4)c3c2)CC1. The second-order valence-corrected chi connectivity index (χ2v) is 9.33. The number of ether oxygens (including phenoxy) is 1. The molecule has 1 saturated carbocycles. The highest BCUT2D eigenvalue weighted by atomic mass is 16.6. The van der Waals surface area contributed by atoms with Gasteiger partial charge < -0.3 is 20.4 Å². The third-order valence-corrected chi connectivity index (χ3v) is 5.91. The Morgan fingerprint density at radius 3 is 2.66 bits per heavy atom. The molecule has 4 rings (SSSR count). The largest absolute Gasteiger partial charge is 0.444 e. The van der Waals surface area contributed by atoms with Gasteiger partial charge in [0.05, 0.1) is 11.0 Å². The molecule has 0 spiro atoms. The molecule has 0 aliphatic heterocycles. The lowest BCUT2D eigenvalue weighted by molar-refractivity contribution is 0.0502. The van der Waals surface area contributed by atoms with Crippen molar-refractivity contribution < 1.29 is 9.53 Å². The Hall–Kier alpha value is -2.50. The molecule has 0 radical (unpaired) electrons. The minimum absolute atomic E-state index is 0.122. The monoisotopic (exact) mass is 396 g/mol. The van der Waals surface area contributed by atoms with E-state index < -0.39 is 5.60 Å². The van der Waals surface area contributed by atoms with Crippen molar-refractivity contribution in [3.63, 3.8) is 0 Å². The van der Waals surface area contributed by atoms with Gasteiger partial charge in [0.2, 0.25) is 5.95 Å². The molecule has 6 heteroatoms. The van der Waals surface area contributed by atoms with E-state index >= 15 is 0 Å². The van der Waals surface area contributed by atoms with Gasteiger partial charge in [0.1, 0.15) is 5.60 Å². The minimum atomic E-state index is -0.473. The number of carbonyl (C=O) groups is 1. The van der Waals surface area contributed by atoms with Gasteiger partial charge in [-0.3, -0.25) is 0 Å². The van der Waals surface area contributed by atoms with Crippen molar-refractivity contribution in [1.29, 1.82) is 0 Å². The van der Waals surface area contributed by atoms with Gasteiger partial charge in [0, 0.05) is 12.1 Å². The Morgan fingerprint density at radius 1 is 1.24 bits per heavy atom. The number of carbonyl (C=O) groups excluding carboxylic acids is 1. The lowest BCUT2D eigenvalue weighted by Gasteiger charge is -2.26. The standard InChI is InChI=1S/C23H32N4O2/c1-23(2,3)29-22(28)25-17-11-8-15(9-12-17)16-10-13-19-20(14-16)27(21(24)26-19)18-6-4-5-7-18/h8,10,13-14,17-18H,4-7,9,11-12H2,1-3H3,(H2,24,26)(H,25,28). The molecule has 29 heavy (non-hydrogen) atoms. The molecule has 1 atom stereocenters. The molecule has 2 aliphatic rings. The highest BCUT2D eigenvalue weighted by Crippen LogP contribution is 2.36. The predicted molar refractivity (Wildman–Crippen MR) is 117 cm³/mol. The first-order valence-electron chi connectivity index (χ1n) is 10.8. The van der Waals surface area contributed by atoms with Crippen LogP contribution in [0.15, 0.2) is 24.3 Å². The Bertz CT molecular complexity index is 932. The topological polar surface area (TPSA) is 82.2 Å². The number of allylic oxidation sites excluding steroid dienone is 1. The Balaban J connectivity index is 1.50. The maximum absolute atomic E-state index is 12.0. The van der Waals surface area contributed by atoms with E-state index in [9.17, 15) is 4.79 Å². The normalized spacial score (nSPS) is 20.7. The molecule has 2 aromatic rings. The van der Waals surface area contributed by atoms with Crippen molar-refractivity contribution in [3.8, 4) is 0 Å². The summed E-state index contributed by atoms with van der Waals surface area (Å²) in [6.45, 7) is 5.64. The van der Waals surface area contributed by atoms with Gasteiger partial charge in [0.25, 0.3) is 0 Å². The van der Waals surface area contributed by atoms with Gasteiger partial charge in [-0.05, 0) is 76.1 Å². The van der Waals surface area contributed by atoms with Crippen LogP contribution in [0, 0.1) is 0 Å². The summed E-state index contributed by atoms with van der Waals surface area (Å²) in [7, 11) is 0. The van der Waals surface area contributed by atoms with Crippen LogP contribution < -0.4 is 11.1 Å².